The van der Waals surface area contributed by atoms with Gasteiger partial charge in [-0.3, -0.25) is 0 Å². The number of nitrogens with one attached hydrogen (secondary N) is 2. The quantitative estimate of drug-likeness (QED) is 0.589. The monoisotopic (exact) mass is 336 g/mol. The molecule has 0 saturated heterocycles. The van der Waals surface area contributed by atoms with Gasteiger partial charge in [-0.05, 0) is 48.4 Å². The summed E-state index contributed by atoms with van der Waals surface area (Å²) in [6, 6.07) is 19.9. The van der Waals surface area contributed by atoms with Crippen LogP contribution in [0.2, 0.25) is 0 Å². The summed E-state index contributed by atoms with van der Waals surface area (Å²) in [5, 5.41) is 16.1. The Balaban J connectivity index is 1.71. The van der Waals surface area contributed by atoms with Crippen LogP contribution >= 0.6 is 0 Å². The standard InChI is InChI=1S/C21H21FN2O/c1-15-4-2-5-16(10-15)13-24-21-12-18(22)8-9-20(21)23-14-17-6-3-7-19(25)11-17/h2-12,23-25H,13-14H2,1H3. The van der Waals surface area contributed by atoms with Crippen molar-refractivity contribution in [2.45, 2.75) is 20.0 Å². The van der Waals surface area contributed by atoms with E-state index in [4.69, 9.17) is 0 Å². The Bertz CT molecular complexity index is 864. The second-order valence-electron chi connectivity index (χ2n) is 6.06. The first-order valence-electron chi connectivity index (χ1n) is 8.21. The lowest BCUT2D eigenvalue weighted by molar-refractivity contribution is 0.474. The molecular formula is C21H21FN2O. The molecule has 3 nitrogen and oxygen atoms in total. The van der Waals surface area contributed by atoms with Crippen molar-refractivity contribution < 1.29 is 9.50 Å². The van der Waals surface area contributed by atoms with Crippen LogP contribution in [0.15, 0.2) is 66.7 Å². The fourth-order valence-corrected chi connectivity index (χ4v) is 2.70. The summed E-state index contributed by atoms with van der Waals surface area (Å²) in [6.45, 7) is 3.21. The predicted molar refractivity (Wildman–Crippen MR) is 100 cm³/mol. The van der Waals surface area contributed by atoms with Gasteiger partial charge in [0, 0.05) is 13.1 Å². The predicted octanol–water partition coefficient (Wildman–Crippen LogP) is 5.06. The minimum absolute atomic E-state index is 0.233. The fraction of sp³-hybridized carbons (Fsp3) is 0.143. The number of anilines is 2. The molecule has 3 aromatic carbocycles. The molecule has 0 amide bonds. The highest BCUT2D eigenvalue weighted by Crippen LogP contribution is 2.24. The molecule has 0 aliphatic rings. The van der Waals surface area contributed by atoms with Gasteiger partial charge in [0.15, 0.2) is 0 Å². The van der Waals surface area contributed by atoms with Crippen molar-refractivity contribution in [1.29, 1.82) is 0 Å². The highest BCUT2D eigenvalue weighted by molar-refractivity contribution is 5.69. The number of aryl methyl sites for hydroxylation is 1. The molecule has 0 spiro atoms. The Morgan fingerprint density at radius 3 is 2.20 bits per heavy atom. The second kappa shape index (κ2) is 7.71. The van der Waals surface area contributed by atoms with E-state index < -0.39 is 0 Å². The number of halogens is 1. The molecule has 0 aliphatic carbocycles. The van der Waals surface area contributed by atoms with Crippen molar-refractivity contribution in [1.82, 2.24) is 0 Å². The molecule has 0 bridgehead atoms. The number of hydrogen-bond acceptors (Lipinski definition) is 3. The molecule has 0 fully saturated rings. The van der Waals surface area contributed by atoms with Crippen LogP contribution < -0.4 is 10.6 Å². The summed E-state index contributed by atoms with van der Waals surface area (Å²) in [5.41, 5.74) is 4.82. The highest BCUT2D eigenvalue weighted by Gasteiger charge is 2.05. The van der Waals surface area contributed by atoms with E-state index >= 15 is 0 Å². The van der Waals surface area contributed by atoms with Crippen LogP contribution in [0, 0.1) is 12.7 Å². The molecule has 4 heteroatoms. The highest BCUT2D eigenvalue weighted by atomic mass is 19.1. The van der Waals surface area contributed by atoms with Crippen molar-refractivity contribution in [3.8, 4) is 5.75 Å². The van der Waals surface area contributed by atoms with Gasteiger partial charge in [-0.15, -0.1) is 0 Å². The van der Waals surface area contributed by atoms with Crippen LogP contribution in [0.25, 0.3) is 0 Å². The maximum atomic E-state index is 13.7. The maximum Gasteiger partial charge on any atom is 0.125 e. The van der Waals surface area contributed by atoms with E-state index in [1.807, 2.05) is 31.2 Å². The third-order valence-electron chi connectivity index (χ3n) is 3.94. The molecule has 25 heavy (non-hydrogen) atoms. The maximum absolute atomic E-state index is 13.7. The molecule has 128 valence electrons. The van der Waals surface area contributed by atoms with E-state index in [1.54, 1.807) is 24.3 Å². The van der Waals surface area contributed by atoms with Crippen LogP contribution in [0.4, 0.5) is 15.8 Å². The molecular weight excluding hydrogens is 315 g/mol. The first-order chi connectivity index (χ1) is 12.1. The van der Waals surface area contributed by atoms with Crippen molar-refractivity contribution >= 4 is 11.4 Å². The van der Waals surface area contributed by atoms with Gasteiger partial charge in [-0.2, -0.15) is 0 Å². The van der Waals surface area contributed by atoms with Gasteiger partial charge in [0.1, 0.15) is 11.6 Å². The first-order valence-corrected chi connectivity index (χ1v) is 8.21. The zero-order chi connectivity index (χ0) is 17.6. The SMILES string of the molecule is Cc1cccc(CNc2cc(F)ccc2NCc2cccc(O)c2)c1. The lowest BCUT2D eigenvalue weighted by Gasteiger charge is -2.15. The number of rotatable bonds is 6. The van der Waals surface area contributed by atoms with E-state index in [9.17, 15) is 9.50 Å². The summed E-state index contributed by atoms with van der Waals surface area (Å²) < 4.78 is 13.7. The van der Waals surface area contributed by atoms with Crippen molar-refractivity contribution in [3.05, 3.63) is 89.2 Å². The summed E-state index contributed by atoms with van der Waals surface area (Å²) in [4.78, 5) is 0. The Kier molecular flexibility index (Phi) is 5.19. The molecule has 3 rings (SSSR count). The number of phenols is 1. The van der Waals surface area contributed by atoms with Crippen LogP contribution in [-0.4, -0.2) is 5.11 Å². The Hall–Kier alpha value is -3.01. The Morgan fingerprint density at radius 1 is 0.800 bits per heavy atom. The van der Waals surface area contributed by atoms with E-state index in [-0.39, 0.29) is 11.6 Å². The van der Waals surface area contributed by atoms with E-state index in [1.165, 1.54) is 17.7 Å². The van der Waals surface area contributed by atoms with Gasteiger partial charge < -0.3 is 15.7 Å². The number of phenolic OH excluding ortho intramolecular Hbond substituents is 1. The van der Waals surface area contributed by atoms with Crippen LogP contribution in [-0.2, 0) is 13.1 Å². The van der Waals surface area contributed by atoms with Gasteiger partial charge in [-0.25, -0.2) is 4.39 Å². The minimum Gasteiger partial charge on any atom is -0.508 e. The average Bonchev–Trinajstić information content (AvgIpc) is 2.59. The van der Waals surface area contributed by atoms with Gasteiger partial charge >= 0.3 is 0 Å². The molecule has 0 atom stereocenters. The zero-order valence-electron chi connectivity index (χ0n) is 14.1. The molecule has 0 heterocycles. The fourth-order valence-electron chi connectivity index (χ4n) is 2.70. The second-order valence-corrected chi connectivity index (χ2v) is 6.06. The summed E-state index contributed by atoms with van der Waals surface area (Å²) in [6.07, 6.45) is 0. The average molecular weight is 336 g/mol. The molecule has 3 N–H and O–H groups in total. The summed E-state index contributed by atoms with van der Waals surface area (Å²) in [7, 11) is 0. The molecule has 0 aromatic heterocycles. The van der Waals surface area contributed by atoms with Gasteiger partial charge in [0.2, 0.25) is 0 Å². The Morgan fingerprint density at radius 2 is 1.48 bits per heavy atom. The van der Waals surface area contributed by atoms with Gasteiger partial charge in [-0.1, -0.05) is 42.0 Å². The topological polar surface area (TPSA) is 44.3 Å². The Labute approximate surface area is 147 Å². The number of benzene rings is 3. The van der Waals surface area contributed by atoms with Crippen molar-refractivity contribution in [2.75, 3.05) is 10.6 Å². The number of hydrogen-bond donors (Lipinski definition) is 3. The summed E-state index contributed by atoms with van der Waals surface area (Å²) in [5.74, 6) is -0.0501. The van der Waals surface area contributed by atoms with Crippen molar-refractivity contribution in [2.24, 2.45) is 0 Å². The van der Waals surface area contributed by atoms with Gasteiger partial charge in [0.05, 0.1) is 11.4 Å². The largest absolute Gasteiger partial charge is 0.508 e. The normalized spacial score (nSPS) is 10.5. The lowest BCUT2D eigenvalue weighted by Crippen LogP contribution is -2.06. The van der Waals surface area contributed by atoms with E-state index in [0.717, 1.165) is 16.8 Å². The van der Waals surface area contributed by atoms with Gasteiger partial charge in [0.25, 0.3) is 0 Å². The van der Waals surface area contributed by atoms with Crippen LogP contribution in [0.5, 0.6) is 5.75 Å². The number of aromatic hydroxyl groups is 1. The molecule has 0 unspecified atom stereocenters. The zero-order valence-corrected chi connectivity index (χ0v) is 14.1. The molecule has 3 aromatic rings. The van der Waals surface area contributed by atoms with E-state index in [2.05, 4.69) is 16.7 Å². The molecule has 0 aliphatic heterocycles. The minimum atomic E-state index is -0.283. The van der Waals surface area contributed by atoms with Crippen molar-refractivity contribution in [3.63, 3.8) is 0 Å². The van der Waals surface area contributed by atoms with Crippen LogP contribution in [0.3, 0.4) is 0 Å². The van der Waals surface area contributed by atoms with Crippen LogP contribution in [0.1, 0.15) is 16.7 Å². The third kappa shape index (κ3) is 4.73. The molecule has 0 saturated carbocycles. The third-order valence-corrected chi connectivity index (χ3v) is 3.94. The lowest BCUT2D eigenvalue weighted by atomic mass is 10.1. The molecule has 0 radical (unpaired) electrons. The summed E-state index contributed by atoms with van der Waals surface area (Å²) >= 11 is 0. The first kappa shape index (κ1) is 16.8. The van der Waals surface area contributed by atoms with E-state index in [0.29, 0.717) is 18.8 Å². The smallest absolute Gasteiger partial charge is 0.125 e.